The molecule has 0 unspecified atom stereocenters. The molecule has 5 heteroatoms. The van der Waals surface area contributed by atoms with E-state index in [1.807, 2.05) is 6.07 Å². The van der Waals surface area contributed by atoms with Crippen LogP contribution in [0.5, 0.6) is 0 Å². The number of fused-ring (bicyclic) bond motifs is 1. The van der Waals surface area contributed by atoms with E-state index in [1.54, 1.807) is 6.07 Å². The van der Waals surface area contributed by atoms with Crippen LogP contribution in [0.2, 0.25) is 0 Å². The molecule has 1 aliphatic carbocycles. The van der Waals surface area contributed by atoms with E-state index in [2.05, 4.69) is 22.9 Å². The summed E-state index contributed by atoms with van der Waals surface area (Å²) in [7, 11) is 0. The molecule has 1 aliphatic rings. The van der Waals surface area contributed by atoms with E-state index in [4.69, 9.17) is 5.73 Å². The molecule has 1 saturated carbocycles. The van der Waals surface area contributed by atoms with Crippen molar-refractivity contribution in [1.82, 2.24) is 10.3 Å². The van der Waals surface area contributed by atoms with E-state index in [1.165, 1.54) is 6.07 Å². The molecule has 1 heterocycles. The summed E-state index contributed by atoms with van der Waals surface area (Å²) < 4.78 is 13.0. The van der Waals surface area contributed by atoms with Crippen LogP contribution >= 0.6 is 0 Å². The largest absolute Gasteiger partial charge is 1.00 e. The Kier molecular flexibility index (Phi) is 4.54. The van der Waals surface area contributed by atoms with Crippen molar-refractivity contribution in [2.75, 3.05) is 0 Å². The second kappa shape index (κ2) is 5.67. The SMILES string of the molecule is C=C(NCc1cc2cc(F)[c-]cc2[nH]1)C1(N)CC1.[K+]. The Bertz CT molecular complexity index is 616. The van der Waals surface area contributed by atoms with Crippen molar-refractivity contribution in [3.8, 4) is 0 Å². The van der Waals surface area contributed by atoms with Crippen molar-refractivity contribution in [2.24, 2.45) is 5.73 Å². The number of nitrogens with one attached hydrogen (secondary N) is 2. The Balaban J connectivity index is 0.00000133. The van der Waals surface area contributed by atoms with Gasteiger partial charge in [-0.3, -0.25) is 0 Å². The molecule has 0 spiro atoms. The van der Waals surface area contributed by atoms with Gasteiger partial charge in [0, 0.05) is 17.2 Å². The zero-order valence-corrected chi connectivity index (χ0v) is 14.1. The normalized spacial score (nSPS) is 15.9. The third kappa shape index (κ3) is 3.29. The van der Waals surface area contributed by atoms with E-state index >= 15 is 0 Å². The predicted octanol–water partition coefficient (Wildman–Crippen LogP) is -0.794. The molecule has 3 nitrogen and oxygen atoms in total. The summed E-state index contributed by atoms with van der Waals surface area (Å²) in [5, 5.41) is 4.07. The first-order chi connectivity index (χ1) is 8.57. The number of H-pyrrole nitrogens is 1. The smallest absolute Gasteiger partial charge is 0.410 e. The third-order valence-electron chi connectivity index (χ3n) is 3.45. The molecule has 0 atom stereocenters. The molecule has 19 heavy (non-hydrogen) atoms. The number of aromatic nitrogens is 1. The zero-order valence-electron chi connectivity index (χ0n) is 11.0. The number of nitrogens with two attached hydrogens (primary N) is 1. The van der Waals surface area contributed by atoms with Crippen molar-refractivity contribution < 1.29 is 55.8 Å². The van der Waals surface area contributed by atoms with Crippen LogP contribution in [-0.4, -0.2) is 10.5 Å². The molecule has 0 amide bonds. The number of rotatable bonds is 4. The first-order valence-electron chi connectivity index (χ1n) is 5.98. The molecule has 3 rings (SSSR count). The van der Waals surface area contributed by atoms with Crippen molar-refractivity contribution in [3.63, 3.8) is 0 Å². The second-order valence-electron chi connectivity index (χ2n) is 4.93. The summed E-state index contributed by atoms with van der Waals surface area (Å²) in [6, 6.07) is 7.54. The Labute approximate surface area is 154 Å². The molecular weight excluding hydrogens is 268 g/mol. The molecule has 1 fully saturated rings. The molecule has 0 bridgehead atoms. The Hall–Kier alpha value is -0.174. The standard InChI is InChI=1S/C14H15FN3.K/c1-9(14(16)4-5-14)17-8-12-7-10-6-11(15)2-3-13(10)18-12;/h3,6-7,17-18H,1,4-5,8,16H2;/q-1;+1. The van der Waals surface area contributed by atoms with Gasteiger partial charge in [0.15, 0.2) is 0 Å². The fraction of sp³-hybridized carbons (Fsp3) is 0.286. The van der Waals surface area contributed by atoms with Gasteiger partial charge in [0.1, 0.15) is 0 Å². The average molecular weight is 283 g/mol. The maximum Gasteiger partial charge on any atom is 1.00 e. The summed E-state index contributed by atoms with van der Waals surface area (Å²) >= 11 is 0. The summed E-state index contributed by atoms with van der Waals surface area (Å²) in [6.45, 7) is 4.57. The first-order valence-corrected chi connectivity index (χ1v) is 5.98. The van der Waals surface area contributed by atoms with E-state index in [0.29, 0.717) is 6.54 Å². The quantitative estimate of drug-likeness (QED) is 0.509. The fourth-order valence-electron chi connectivity index (χ4n) is 2.01. The van der Waals surface area contributed by atoms with Gasteiger partial charge in [0.05, 0.1) is 12.1 Å². The maximum atomic E-state index is 13.0. The van der Waals surface area contributed by atoms with Crippen LogP contribution in [-0.2, 0) is 6.54 Å². The summed E-state index contributed by atoms with van der Waals surface area (Å²) in [5.41, 5.74) is 8.54. The minimum atomic E-state index is -0.343. The monoisotopic (exact) mass is 283 g/mol. The van der Waals surface area contributed by atoms with Crippen molar-refractivity contribution in [3.05, 3.63) is 48.1 Å². The van der Waals surface area contributed by atoms with Crippen molar-refractivity contribution in [1.29, 1.82) is 0 Å². The van der Waals surface area contributed by atoms with Gasteiger partial charge in [-0.2, -0.15) is 6.07 Å². The predicted molar refractivity (Wildman–Crippen MR) is 69.2 cm³/mol. The van der Waals surface area contributed by atoms with E-state index < -0.39 is 0 Å². The fourth-order valence-corrected chi connectivity index (χ4v) is 2.01. The molecular formula is C14H15FKN3. The number of aromatic amines is 1. The number of hydrogen-bond acceptors (Lipinski definition) is 2. The van der Waals surface area contributed by atoms with Gasteiger partial charge in [-0.25, -0.2) is 4.39 Å². The zero-order chi connectivity index (χ0) is 12.8. The van der Waals surface area contributed by atoms with Crippen molar-refractivity contribution in [2.45, 2.75) is 24.9 Å². The molecule has 1 aromatic carbocycles. The molecule has 0 aliphatic heterocycles. The number of benzene rings is 1. The average Bonchev–Trinajstić information content (AvgIpc) is 2.96. The molecule has 4 N–H and O–H groups in total. The third-order valence-corrected chi connectivity index (χ3v) is 3.45. The van der Waals surface area contributed by atoms with Crippen LogP contribution in [0.1, 0.15) is 18.5 Å². The summed E-state index contributed by atoms with van der Waals surface area (Å²) in [6.07, 6.45) is 1.98. The summed E-state index contributed by atoms with van der Waals surface area (Å²) in [4.78, 5) is 3.21. The van der Waals surface area contributed by atoms with Gasteiger partial charge in [0.25, 0.3) is 0 Å². The first kappa shape index (κ1) is 15.2. The van der Waals surface area contributed by atoms with Crippen LogP contribution in [0.15, 0.2) is 30.5 Å². The van der Waals surface area contributed by atoms with Gasteiger partial charge in [-0.15, -0.1) is 17.5 Å². The minimum absolute atomic E-state index is 0. The van der Waals surface area contributed by atoms with Crippen LogP contribution in [0, 0.1) is 11.9 Å². The minimum Gasteiger partial charge on any atom is -0.410 e. The second-order valence-corrected chi connectivity index (χ2v) is 4.93. The molecule has 94 valence electrons. The topological polar surface area (TPSA) is 53.8 Å². The van der Waals surface area contributed by atoms with Crippen LogP contribution in [0.3, 0.4) is 0 Å². The number of hydrogen-bond donors (Lipinski definition) is 3. The van der Waals surface area contributed by atoms with Gasteiger partial charge in [-0.05, 0) is 12.8 Å². The van der Waals surface area contributed by atoms with Crippen LogP contribution in [0.4, 0.5) is 4.39 Å². The maximum absolute atomic E-state index is 13.0. The number of halogens is 1. The van der Waals surface area contributed by atoms with Crippen molar-refractivity contribution >= 4 is 10.9 Å². The summed E-state index contributed by atoms with van der Waals surface area (Å²) in [5.74, 6) is -0.343. The molecule has 0 radical (unpaired) electrons. The van der Waals surface area contributed by atoms with Gasteiger partial charge in [0.2, 0.25) is 0 Å². The van der Waals surface area contributed by atoms with E-state index in [-0.39, 0.29) is 62.7 Å². The Morgan fingerprint density at radius 2 is 2.26 bits per heavy atom. The van der Waals surface area contributed by atoms with Gasteiger partial charge < -0.3 is 16.0 Å². The van der Waals surface area contributed by atoms with Crippen LogP contribution < -0.4 is 62.4 Å². The molecule has 2 aromatic rings. The molecule has 0 saturated heterocycles. The van der Waals surface area contributed by atoms with Gasteiger partial charge in [-0.1, -0.05) is 18.2 Å². The Morgan fingerprint density at radius 1 is 1.53 bits per heavy atom. The van der Waals surface area contributed by atoms with Crippen LogP contribution in [0.25, 0.3) is 10.9 Å². The van der Waals surface area contributed by atoms with E-state index in [9.17, 15) is 4.39 Å². The van der Waals surface area contributed by atoms with Gasteiger partial charge >= 0.3 is 51.4 Å². The van der Waals surface area contributed by atoms with E-state index in [0.717, 1.165) is 35.1 Å². The Morgan fingerprint density at radius 3 is 2.95 bits per heavy atom. The molecule has 1 aromatic heterocycles.